The maximum atomic E-state index is 13.1. The molecule has 0 amide bonds. The number of aromatic nitrogens is 1. The van der Waals surface area contributed by atoms with Gasteiger partial charge in [-0.25, -0.2) is 17.7 Å². The van der Waals surface area contributed by atoms with Crippen molar-refractivity contribution in [2.45, 2.75) is 24.1 Å². The number of thiophene rings is 1. The molecule has 2 N–H and O–H groups in total. The Labute approximate surface area is 178 Å². The Morgan fingerprint density at radius 3 is 2.97 bits per heavy atom. The molecular formula is C19H19ClN4O3S2. The average Bonchev–Trinajstić information content (AvgIpc) is 3.09. The van der Waals surface area contributed by atoms with Crippen LogP contribution in [0.15, 0.2) is 29.5 Å². The van der Waals surface area contributed by atoms with Crippen molar-refractivity contribution < 1.29 is 13.2 Å². The van der Waals surface area contributed by atoms with Crippen LogP contribution in [0.2, 0.25) is 5.02 Å². The second kappa shape index (κ2) is 7.29. The summed E-state index contributed by atoms with van der Waals surface area (Å²) in [6, 6.07) is 3.73. The molecule has 4 heterocycles. The summed E-state index contributed by atoms with van der Waals surface area (Å²) in [6.45, 7) is 2.20. The highest BCUT2D eigenvalue weighted by Gasteiger charge is 2.56. The molecule has 2 aliphatic heterocycles. The molecule has 2 unspecified atom stereocenters. The van der Waals surface area contributed by atoms with Gasteiger partial charge in [0.2, 0.25) is 16.0 Å². The zero-order valence-electron chi connectivity index (χ0n) is 15.8. The molecule has 152 valence electrons. The Morgan fingerprint density at radius 1 is 1.41 bits per heavy atom. The van der Waals surface area contributed by atoms with E-state index in [0.717, 1.165) is 20.3 Å². The van der Waals surface area contributed by atoms with Gasteiger partial charge in [-0.15, -0.1) is 17.3 Å². The van der Waals surface area contributed by atoms with Gasteiger partial charge in [-0.05, 0) is 25.5 Å². The number of fused-ring (bicyclic) bond motifs is 1. The first-order valence-corrected chi connectivity index (χ1v) is 11.6. The molecule has 29 heavy (non-hydrogen) atoms. The van der Waals surface area contributed by atoms with Crippen molar-refractivity contribution in [2.24, 2.45) is 10.7 Å². The molecule has 0 aliphatic carbocycles. The lowest BCUT2D eigenvalue weighted by atomic mass is 9.90. The number of nitrogens with two attached hydrogens (primary N) is 1. The van der Waals surface area contributed by atoms with E-state index in [9.17, 15) is 8.42 Å². The van der Waals surface area contributed by atoms with Gasteiger partial charge in [-0.1, -0.05) is 17.5 Å². The van der Waals surface area contributed by atoms with Crippen LogP contribution in [0.4, 0.5) is 0 Å². The molecule has 0 saturated carbocycles. The fraction of sp³-hybridized carbons (Fsp3) is 0.368. The van der Waals surface area contributed by atoms with Gasteiger partial charge in [0.15, 0.2) is 0 Å². The Balaban J connectivity index is 1.88. The van der Waals surface area contributed by atoms with Crippen LogP contribution in [-0.2, 0) is 20.3 Å². The van der Waals surface area contributed by atoms with Gasteiger partial charge in [0.05, 0.1) is 16.5 Å². The minimum Gasteiger partial charge on any atom is -0.378 e. The fourth-order valence-corrected chi connectivity index (χ4v) is 7.24. The third-order valence-corrected chi connectivity index (χ3v) is 9.19. The Morgan fingerprint density at radius 2 is 2.21 bits per heavy atom. The Kier molecular flexibility index (Phi) is 5.07. The van der Waals surface area contributed by atoms with Crippen LogP contribution in [0, 0.1) is 11.8 Å². The first-order valence-electron chi connectivity index (χ1n) is 8.88. The van der Waals surface area contributed by atoms with Gasteiger partial charge in [0, 0.05) is 42.1 Å². The molecule has 2 atom stereocenters. The van der Waals surface area contributed by atoms with Crippen LogP contribution in [-0.4, -0.2) is 49.2 Å². The van der Waals surface area contributed by atoms with E-state index in [2.05, 4.69) is 21.8 Å². The molecule has 1 fully saturated rings. The monoisotopic (exact) mass is 450 g/mol. The summed E-state index contributed by atoms with van der Waals surface area (Å²) in [5, 5.41) is -0.357. The van der Waals surface area contributed by atoms with Crippen molar-refractivity contribution in [3.8, 4) is 22.3 Å². The topological polar surface area (TPSA) is 97.9 Å². The van der Waals surface area contributed by atoms with E-state index >= 15 is 0 Å². The van der Waals surface area contributed by atoms with Gasteiger partial charge >= 0.3 is 0 Å². The van der Waals surface area contributed by atoms with Gasteiger partial charge in [0.1, 0.15) is 10.8 Å². The highest BCUT2D eigenvalue weighted by atomic mass is 35.5. The standard InChI is InChI=1S/C19H19ClN4O3S2/c1-3-4-12-7-13(10-22-9-12)15-8-14(20)17(28-15)19-11-27-6-5-16(19)29(25,26)24(2)18(21)23-19/h7-10,16H,5-6,11H2,1-2H3,(H2,21,23). The largest absolute Gasteiger partial charge is 0.378 e. The van der Waals surface area contributed by atoms with Crippen molar-refractivity contribution in [1.82, 2.24) is 9.29 Å². The number of nitrogens with zero attached hydrogens (tertiary/aromatic N) is 3. The van der Waals surface area contributed by atoms with Crippen LogP contribution in [0.3, 0.4) is 0 Å². The van der Waals surface area contributed by atoms with Crippen LogP contribution < -0.4 is 5.73 Å². The maximum absolute atomic E-state index is 13.1. The molecule has 10 heteroatoms. The van der Waals surface area contributed by atoms with E-state index in [1.54, 1.807) is 25.4 Å². The normalized spacial score (nSPS) is 25.6. The van der Waals surface area contributed by atoms with Crippen LogP contribution in [0.1, 0.15) is 23.8 Å². The summed E-state index contributed by atoms with van der Waals surface area (Å²) in [4.78, 5) is 10.3. The maximum Gasteiger partial charge on any atom is 0.243 e. The highest BCUT2D eigenvalue weighted by molar-refractivity contribution is 7.90. The molecule has 7 nitrogen and oxygen atoms in total. The van der Waals surface area contributed by atoms with Gasteiger partial charge < -0.3 is 10.5 Å². The highest BCUT2D eigenvalue weighted by Crippen LogP contribution is 2.49. The van der Waals surface area contributed by atoms with Gasteiger partial charge in [0.25, 0.3) is 0 Å². The number of hydrogen-bond acceptors (Lipinski definition) is 7. The van der Waals surface area contributed by atoms with Crippen LogP contribution in [0.5, 0.6) is 0 Å². The smallest absolute Gasteiger partial charge is 0.243 e. The summed E-state index contributed by atoms with van der Waals surface area (Å²) in [5.74, 6) is 5.77. The molecule has 0 spiro atoms. The summed E-state index contributed by atoms with van der Waals surface area (Å²) in [5.41, 5.74) is 6.45. The van der Waals surface area contributed by atoms with E-state index in [4.69, 9.17) is 22.1 Å². The molecule has 0 radical (unpaired) electrons. The van der Waals surface area contributed by atoms with Crippen molar-refractivity contribution in [2.75, 3.05) is 20.3 Å². The summed E-state index contributed by atoms with van der Waals surface area (Å²) >= 11 is 7.99. The van der Waals surface area contributed by atoms with E-state index in [1.807, 2.05) is 6.07 Å². The van der Waals surface area contributed by atoms with E-state index in [0.29, 0.717) is 22.9 Å². The number of aliphatic imine (C=N–C) groups is 1. The Hall–Kier alpha value is -2.12. The molecule has 2 aromatic heterocycles. The number of pyridine rings is 1. The minimum absolute atomic E-state index is 0.0698. The van der Waals surface area contributed by atoms with Gasteiger partial charge in [-0.3, -0.25) is 4.98 Å². The third-order valence-electron chi connectivity index (χ3n) is 5.13. The number of ether oxygens (including phenoxy) is 1. The number of sulfonamides is 1. The van der Waals surface area contributed by atoms with E-state index < -0.39 is 20.8 Å². The van der Waals surface area contributed by atoms with Crippen LogP contribution >= 0.6 is 22.9 Å². The molecular weight excluding hydrogens is 432 g/mol. The van der Waals surface area contributed by atoms with Crippen molar-refractivity contribution in [3.05, 3.63) is 40.0 Å². The molecule has 1 saturated heterocycles. The molecule has 2 aliphatic rings. The zero-order chi connectivity index (χ0) is 20.8. The fourth-order valence-electron chi connectivity index (χ4n) is 3.70. The number of hydrogen-bond donors (Lipinski definition) is 1. The van der Waals surface area contributed by atoms with E-state index in [1.165, 1.54) is 18.4 Å². The summed E-state index contributed by atoms with van der Waals surface area (Å²) < 4.78 is 32.9. The SMILES string of the molecule is CC#Cc1cncc(-c2cc(Cl)c(C34COCCC3S(=O)(=O)N(C)C(N)=N4)s2)c1. The molecule has 0 bridgehead atoms. The summed E-state index contributed by atoms with van der Waals surface area (Å²) in [6.07, 6.45) is 3.73. The average molecular weight is 451 g/mol. The predicted molar refractivity (Wildman–Crippen MR) is 114 cm³/mol. The second-order valence-electron chi connectivity index (χ2n) is 6.86. The number of halogens is 1. The molecule has 2 aromatic rings. The third kappa shape index (κ3) is 3.20. The van der Waals surface area contributed by atoms with Crippen LogP contribution in [0.25, 0.3) is 10.4 Å². The Bertz CT molecular complexity index is 1170. The minimum atomic E-state index is -3.69. The predicted octanol–water partition coefficient (Wildman–Crippen LogP) is 2.41. The summed E-state index contributed by atoms with van der Waals surface area (Å²) in [7, 11) is -2.27. The lowest BCUT2D eigenvalue weighted by Gasteiger charge is -2.45. The lowest BCUT2D eigenvalue weighted by molar-refractivity contribution is 0.0390. The van der Waals surface area contributed by atoms with Gasteiger partial charge in [-0.2, -0.15) is 0 Å². The van der Waals surface area contributed by atoms with Crippen molar-refractivity contribution in [1.29, 1.82) is 0 Å². The number of guanidine groups is 1. The molecule has 4 rings (SSSR count). The van der Waals surface area contributed by atoms with E-state index in [-0.39, 0.29) is 12.6 Å². The quantitative estimate of drug-likeness (QED) is 0.708. The zero-order valence-corrected chi connectivity index (χ0v) is 18.2. The molecule has 0 aromatic carbocycles. The lowest BCUT2D eigenvalue weighted by Crippen LogP contribution is -2.60. The number of rotatable bonds is 2. The first-order chi connectivity index (χ1) is 13.8. The van der Waals surface area contributed by atoms with Crippen molar-refractivity contribution in [3.63, 3.8) is 0 Å². The second-order valence-corrected chi connectivity index (χ2v) is 10.5. The first kappa shape index (κ1) is 20.2. The van der Waals surface area contributed by atoms with Crippen molar-refractivity contribution >= 4 is 38.9 Å².